The summed E-state index contributed by atoms with van der Waals surface area (Å²) in [6.07, 6.45) is -1.19. The number of benzene rings is 3. The first-order valence-corrected chi connectivity index (χ1v) is 18.8. The highest BCUT2D eigenvalue weighted by atomic mass is 35.5. The molecule has 2 aliphatic heterocycles. The molecule has 2 saturated heterocycles. The fourth-order valence-electron chi connectivity index (χ4n) is 5.92. The van der Waals surface area contributed by atoms with Gasteiger partial charge in [0.25, 0.3) is 5.24 Å². The van der Waals surface area contributed by atoms with Crippen molar-refractivity contribution in [3.8, 4) is 11.5 Å². The summed E-state index contributed by atoms with van der Waals surface area (Å²) in [5.41, 5.74) is 5.74. The van der Waals surface area contributed by atoms with Crippen LogP contribution < -0.4 is 14.8 Å². The third-order valence-electron chi connectivity index (χ3n) is 8.95. The maximum atomic E-state index is 11.6. The topological polar surface area (TPSA) is 168 Å². The maximum Gasteiger partial charge on any atom is 0.286 e. The summed E-state index contributed by atoms with van der Waals surface area (Å²) in [4.78, 5) is 27.2. The second-order valence-electron chi connectivity index (χ2n) is 12.7. The van der Waals surface area contributed by atoms with Crippen molar-refractivity contribution in [2.45, 2.75) is 75.3 Å². The summed E-state index contributed by atoms with van der Waals surface area (Å²) in [6.45, 7) is 4.74. The van der Waals surface area contributed by atoms with Crippen molar-refractivity contribution in [2.24, 2.45) is 0 Å². The summed E-state index contributed by atoms with van der Waals surface area (Å²) in [5, 5.41) is 42.0. The number of hydrogen-bond donors (Lipinski definition) is 5. The number of aliphatic hydroxyl groups is 4. The normalized spacial score (nSPS) is 22.5. The number of aryl methyl sites for hydroxylation is 1. The van der Waals surface area contributed by atoms with E-state index in [1.165, 1.54) is 5.56 Å². The van der Waals surface area contributed by atoms with Crippen LogP contribution in [0.3, 0.4) is 0 Å². The number of aliphatic hydroxyl groups excluding tert-OH is 4. The van der Waals surface area contributed by atoms with Crippen LogP contribution in [0.4, 0.5) is 4.79 Å². The lowest BCUT2D eigenvalue weighted by molar-refractivity contribution is -0.231. The van der Waals surface area contributed by atoms with Crippen LogP contribution in [-0.4, -0.2) is 86.0 Å². The fourth-order valence-corrected chi connectivity index (χ4v) is 6.97. The van der Waals surface area contributed by atoms with E-state index in [1.807, 2.05) is 73.8 Å². The predicted molar refractivity (Wildman–Crippen MR) is 202 cm³/mol. The lowest BCUT2D eigenvalue weighted by Gasteiger charge is -2.40. The minimum atomic E-state index is -1.42. The summed E-state index contributed by atoms with van der Waals surface area (Å²) in [5.74, 6) is 1.37. The molecule has 0 saturated carbocycles. The molecular weight excluding hydrogens is 720 g/mol. The molecule has 2 amide bonds. The third kappa shape index (κ3) is 11.0. The van der Waals surface area contributed by atoms with Gasteiger partial charge in [-0.3, -0.25) is 19.9 Å². The average molecular weight is 765 g/mol. The zero-order chi connectivity index (χ0) is 37.9. The molecule has 4 aromatic rings. The van der Waals surface area contributed by atoms with Gasteiger partial charge in [-0.15, -0.1) is 0 Å². The zero-order valence-corrected chi connectivity index (χ0v) is 31.1. The van der Waals surface area contributed by atoms with E-state index in [2.05, 4.69) is 23.3 Å². The number of amides is 2. The molecule has 5 N–H and O–H groups in total. The molecule has 53 heavy (non-hydrogen) atoms. The minimum absolute atomic E-state index is 0.211. The van der Waals surface area contributed by atoms with Crippen LogP contribution in [0.2, 0.25) is 5.02 Å². The first kappa shape index (κ1) is 40.2. The lowest BCUT2D eigenvalue weighted by atomic mass is 9.90. The van der Waals surface area contributed by atoms with Crippen molar-refractivity contribution in [3.05, 3.63) is 124 Å². The Kier molecular flexibility index (Phi) is 14.7. The van der Waals surface area contributed by atoms with E-state index in [1.54, 1.807) is 12.1 Å². The first-order valence-electron chi connectivity index (χ1n) is 17.6. The number of aromatic nitrogens is 1. The SMILES string of the molecule is CCOc1ccc(Cc2cc([C@@H]3O[C@H](CO)[C@@H](O)[C@H](O)[C@H]3O)ccc2Cl)cc1.CCc1ccc(CCOc2ccc(CC3SC(=O)NC3=O)cc2)nc1. The van der Waals surface area contributed by atoms with Gasteiger partial charge < -0.3 is 34.6 Å². The van der Waals surface area contributed by atoms with Crippen molar-refractivity contribution >= 4 is 34.5 Å². The molecule has 0 aliphatic carbocycles. The van der Waals surface area contributed by atoms with Crippen molar-refractivity contribution in [2.75, 3.05) is 19.8 Å². The van der Waals surface area contributed by atoms with Crippen LogP contribution in [0, 0.1) is 0 Å². The van der Waals surface area contributed by atoms with Crippen LogP contribution in [0.25, 0.3) is 0 Å². The molecule has 0 spiro atoms. The Morgan fingerprint density at radius 2 is 1.53 bits per heavy atom. The third-order valence-corrected chi connectivity index (χ3v) is 10.3. The molecule has 13 heteroatoms. The number of nitrogens with one attached hydrogen (secondary N) is 1. The van der Waals surface area contributed by atoms with Gasteiger partial charge in [0.05, 0.1) is 25.1 Å². The van der Waals surface area contributed by atoms with Gasteiger partial charge in [-0.05, 0) is 90.4 Å². The van der Waals surface area contributed by atoms with Gasteiger partial charge in [0, 0.05) is 23.3 Å². The molecule has 2 aliphatic rings. The number of nitrogens with zero attached hydrogens (tertiary/aromatic N) is 1. The Morgan fingerprint density at radius 3 is 2.13 bits per heavy atom. The molecular formula is C40H45ClN2O9S. The minimum Gasteiger partial charge on any atom is -0.494 e. The monoisotopic (exact) mass is 764 g/mol. The van der Waals surface area contributed by atoms with E-state index in [-0.39, 0.29) is 16.4 Å². The van der Waals surface area contributed by atoms with E-state index in [9.17, 15) is 30.0 Å². The summed E-state index contributed by atoms with van der Waals surface area (Å²) in [6, 6.07) is 24.7. The molecule has 282 valence electrons. The summed E-state index contributed by atoms with van der Waals surface area (Å²) < 4.78 is 16.8. The Balaban J connectivity index is 0.000000206. The molecule has 3 heterocycles. The van der Waals surface area contributed by atoms with Crippen LogP contribution in [0.5, 0.6) is 11.5 Å². The highest BCUT2D eigenvalue weighted by Crippen LogP contribution is 2.34. The van der Waals surface area contributed by atoms with Gasteiger partial charge >= 0.3 is 0 Å². The molecule has 0 bridgehead atoms. The number of imide groups is 1. The number of carbonyl (C=O) groups excluding carboxylic acids is 2. The van der Waals surface area contributed by atoms with Gasteiger partial charge in [0.15, 0.2) is 0 Å². The number of rotatable bonds is 13. The summed E-state index contributed by atoms with van der Waals surface area (Å²) in [7, 11) is 0. The maximum absolute atomic E-state index is 11.6. The molecule has 11 nitrogen and oxygen atoms in total. The second kappa shape index (κ2) is 19.4. The van der Waals surface area contributed by atoms with Crippen molar-refractivity contribution in [3.63, 3.8) is 0 Å². The molecule has 1 unspecified atom stereocenters. The van der Waals surface area contributed by atoms with E-state index in [0.717, 1.165) is 58.5 Å². The van der Waals surface area contributed by atoms with E-state index < -0.39 is 37.1 Å². The standard InChI is InChI=1S/C21H25ClO6.C19H20N2O3S/c1-2-27-15-6-3-12(4-7-15)9-14-10-13(5-8-16(14)22)21-20(26)19(25)18(24)17(11-23)28-21;1-2-13-3-6-15(20-12-13)9-10-24-16-7-4-14(5-8-16)11-17-18(22)21-19(23)25-17/h3-8,10,17-21,23-26H,2,9,11H2,1H3;3-8,12,17H,2,9-11H2,1H3,(H,21,22,23)/t17-,18-,19+,20-,21+;/m1./s1. The Labute approximate surface area is 318 Å². The zero-order valence-electron chi connectivity index (χ0n) is 29.6. The van der Waals surface area contributed by atoms with Gasteiger partial charge in [0.1, 0.15) is 42.0 Å². The molecule has 1 aromatic heterocycles. The van der Waals surface area contributed by atoms with Gasteiger partial charge in [-0.2, -0.15) is 0 Å². The largest absolute Gasteiger partial charge is 0.494 e. The first-order chi connectivity index (χ1) is 25.6. The number of hydrogen-bond acceptors (Lipinski definition) is 11. The average Bonchev–Trinajstić information content (AvgIpc) is 3.49. The van der Waals surface area contributed by atoms with Crippen LogP contribution in [0.1, 0.15) is 53.5 Å². The smallest absolute Gasteiger partial charge is 0.286 e. The molecule has 0 radical (unpaired) electrons. The highest BCUT2D eigenvalue weighted by molar-refractivity contribution is 8.15. The van der Waals surface area contributed by atoms with Crippen LogP contribution in [0.15, 0.2) is 85.1 Å². The van der Waals surface area contributed by atoms with E-state index in [0.29, 0.717) is 36.6 Å². The van der Waals surface area contributed by atoms with Gasteiger partial charge in [0.2, 0.25) is 5.91 Å². The summed E-state index contributed by atoms with van der Waals surface area (Å²) >= 11 is 7.40. The quantitative estimate of drug-likeness (QED) is 0.124. The van der Waals surface area contributed by atoms with Gasteiger partial charge in [-0.1, -0.05) is 72.8 Å². The Hall–Kier alpha value is -4.01. The number of carbonyl (C=O) groups is 2. The van der Waals surface area contributed by atoms with Crippen molar-refractivity contribution in [1.82, 2.24) is 10.3 Å². The molecule has 6 rings (SSSR count). The fraction of sp³-hybridized carbons (Fsp3) is 0.375. The lowest BCUT2D eigenvalue weighted by Crippen LogP contribution is -2.55. The molecule has 6 atom stereocenters. The second-order valence-corrected chi connectivity index (χ2v) is 14.3. The number of thioether (sulfide) groups is 1. The molecule has 2 fully saturated rings. The number of pyridine rings is 1. The van der Waals surface area contributed by atoms with Gasteiger partial charge in [-0.25, -0.2) is 0 Å². The predicted octanol–water partition coefficient (Wildman–Crippen LogP) is 5.00. The van der Waals surface area contributed by atoms with Crippen LogP contribution in [-0.2, 0) is 35.2 Å². The Morgan fingerprint density at radius 1 is 0.849 bits per heavy atom. The number of ether oxygens (including phenoxy) is 3. The van der Waals surface area contributed by atoms with E-state index in [4.69, 9.17) is 25.8 Å². The van der Waals surface area contributed by atoms with E-state index >= 15 is 0 Å². The highest BCUT2D eigenvalue weighted by Gasteiger charge is 2.44. The van der Waals surface area contributed by atoms with Crippen molar-refractivity contribution in [1.29, 1.82) is 0 Å². The van der Waals surface area contributed by atoms with Crippen LogP contribution >= 0.6 is 23.4 Å². The molecule has 3 aromatic carbocycles. The van der Waals surface area contributed by atoms with Crippen molar-refractivity contribution < 1.29 is 44.2 Å². The number of halogens is 1. The Bertz CT molecular complexity index is 1790.